The molecule has 0 bridgehead atoms. The summed E-state index contributed by atoms with van der Waals surface area (Å²) in [7, 11) is 0. The van der Waals surface area contributed by atoms with Crippen LogP contribution >= 0.6 is 0 Å². The van der Waals surface area contributed by atoms with Crippen LogP contribution in [-0.4, -0.2) is 22.6 Å². The number of carbonyl (C=O) groups is 1. The lowest BCUT2D eigenvalue weighted by molar-refractivity contribution is -0.384. The number of anilines is 1. The minimum atomic E-state index is -0.598. The number of hydrogen-bond donors (Lipinski definition) is 3. The van der Waals surface area contributed by atoms with Crippen molar-refractivity contribution in [2.75, 3.05) is 11.9 Å². The third-order valence-electron chi connectivity index (χ3n) is 2.26. The second-order valence-electron chi connectivity index (χ2n) is 3.69. The van der Waals surface area contributed by atoms with Gasteiger partial charge in [0.05, 0.1) is 10.6 Å². The van der Waals surface area contributed by atoms with Crippen LogP contribution in [0.25, 0.3) is 0 Å². The molecule has 0 saturated carbocycles. The first-order valence-electron chi connectivity index (χ1n) is 5.57. The molecule has 0 aromatic heterocycles. The number of amides is 2. The Bertz CT molecular complexity index is 448. The molecule has 0 aliphatic rings. The molecule has 0 aliphatic heterocycles. The molecular weight excluding hydrogens is 238 g/mol. The van der Waals surface area contributed by atoms with E-state index in [1.807, 2.05) is 6.92 Å². The maximum atomic E-state index is 11.4. The van der Waals surface area contributed by atoms with E-state index in [1.165, 1.54) is 6.07 Å². The average Bonchev–Trinajstić information content (AvgIpc) is 2.32. The number of urea groups is 1. The van der Waals surface area contributed by atoms with E-state index in [4.69, 9.17) is 0 Å². The van der Waals surface area contributed by atoms with Gasteiger partial charge in [0, 0.05) is 18.7 Å². The van der Waals surface area contributed by atoms with Crippen molar-refractivity contribution in [2.24, 2.45) is 0 Å². The van der Waals surface area contributed by atoms with Crippen LogP contribution in [0.5, 0.6) is 5.75 Å². The highest BCUT2D eigenvalue weighted by molar-refractivity contribution is 5.91. The van der Waals surface area contributed by atoms with Gasteiger partial charge in [0.1, 0.15) is 5.75 Å². The van der Waals surface area contributed by atoms with Gasteiger partial charge in [0.2, 0.25) is 0 Å². The van der Waals surface area contributed by atoms with Crippen LogP contribution in [0, 0.1) is 10.1 Å². The van der Waals surface area contributed by atoms with Gasteiger partial charge in [-0.3, -0.25) is 10.1 Å². The zero-order chi connectivity index (χ0) is 13.5. The molecule has 18 heavy (non-hydrogen) atoms. The summed E-state index contributed by atoms with van der Waals surface area (Å²) in [4.78, 5) is 21.4. The molecule has 1 rings (SSSR count). The average molecular weight is 253 g/mol. The summed E-state index contributed by atoms with van der Waals surface area (Å²) in [6, 6.07) is 2.93. The highest BCUT2D eigenvalue weighted by atomic mass is 16.6. The maximum Gasteiger partial charge on any atom is 0.319 e. The smallest absolute Gasteiger partial charge is 0.319 e. The Labute approximate surface area is 104 Å². The van der Waals surface area contributed by atoms with Crippen molar-refractivity contribution in [3.63, 3.8) is 0 Å². The first kappa shape index (κ1) is 13.8. The molecule has 0 heterocycles. The lowest BCUT2D eigenvalue weighted by Crippen LogP contribution is -2.29. The van der Waals surface area contributed by atoms with Gasteiger partial charge in [-0.05, 0) is 12.5 Å². The van der Waals surface area contributed by atoms with Crippen LogP contribution in [0.4, 0.5) is 16.2 Å². The summed E-state index contributed by atoms with van der Waals surface area (Å²) in [5.74, 6) is -0.216. The lowest BCUT2D eigenvalue weighted by atomic mass is 10.2. The first-order valence-corrected chi connectivity index (χ1v) is 5.57. The summed E-state index contributed by atoms with van der Waals surface area (Å²) < 4.78 is 0. The fourth-order valence-corrected chi connectivity index (χ4v) is 1.28. The number of nitro groups is 1. The number of nitro benzene ring substituents is 1. The van der Waals surface area contributed by atoms with Crippen LogP contribution in [-0.2, 0) is 0 Å². The second-order valence-corrected chi connectivity index (χ2v) is 3.69. The molecule has 1 aromatic rings. The first-order chi connectivity index (χ1) is 8.54. The molecule has 98 valence electrons. The second kappa shape index (κ2) is 6.43. The number of nitrogens with zero attached hydrogens (tertiary/aromatic N) is 1. The SMILES string of the molecule is CCCCNC(=O)Nc1cc([N+](=O)[O-])ccc1O. The Morgan fingerprint density at radius 3 is 2.83 bits per heavy atom. The number of aromatic hydroxyl groups is 1. The number of nitrogens with one attached hydrogen (secondary N) is 2. The van der Waals surface area contributed by atoms with Gasteiger partial charge < -0.3 is 15.7 Å². The van der Waals surface area contributed by atoms with Crippen molar-refractivity contribution in [2.45, 2.75) is 19.8 Å². The van der Waals surface area contributed by atoms with Gasteiger partial charge in [-0.25, -0.2) is 4.79 Å². The molecule has 0 aliphatic carbocycles. The van der Waals surface area contributed by atoms with E-state index in [0.29, 0.717) is 6.54 Å². The van der Waals surface area contributed by atoms with Crippen LogP contribution in [0.2, 0.25) is 0 Å². The van der Waals surface area contributed by atoms with Crippen LogP contribution in [0.1, 0.15) is 19.8 Å². The Morgan fingerprint density at radius 1 is 1.50 bits per heavy atom. The predicted octanol–water partition coefficient (Wildman–Crippen LogP) is 2.22. The van der Waals surface area contributed by atoms with Crippen molar-refractivity contribution in [1.29, 1.82) is 0 Å². The number of phenols is 1. The minimum Gasteiger partial charge on any atom is -0.506 e. The number of benzene rings is 1. The Balaban J connectivity index is 2.68. The van der Waals surface area contributed by atoms with Gasteiger partial charge in [0.15, 0.2) is 0 Å². The predicted molar refractivity (Wildman–Crippen MR) is 66.7 cm³/mol. The number of non-ortho nitro benzene ring substituents is 1. The normalized spacial score (nSPS) is 9.83. The summed E-state index contributed by atoms with van der Waals surface area (Å²) in [6.07, 6.45) is 1.79. The minimum absolute atomic E-state index is 0.0122. The fraction of sp³-hybridized carbons (Fsp3) is 0.364. The quantitative estimate of drug-likeness (QED) is 0.324. The van der Waals surface area contributed by atoms with E-state index in [1.54, 1.807) is 0 Å². The van der Waals surface area contributed by atoms with E-state index < -0.39 is 11.0 Å². The van der Waals surface area contributed by atoms with E-state index in [-0.39, 0.29) is 17.1 Å². The summed E-state index contributed by atoms with van der Waals surface area (Å²) in [5, 5.41) is 25.0. The van der Waals surface area contributed by atoms with E-state index in [2.05, 4.69) is 10.6 Å². The molecule has 0 atom stereocenters. The number of phenolic OH excluding ortho intramolecular Hbond substituents is 1. The third-order valence-corrected chi connectivity index (χ3v) is 2.26. The molecule has 0 saturated heterocycles. The highest BCUT2D eigenvalue weighted by Crippen LogP contribution is 2.27. The Morgan fingerprint density at radius 2 is 2.22 bits per heavy atom. The van der Waals surface area contributed by atoms with Gasteiger partial charge in [-0.15, -0.1) is 0 Å². The van der Waals surface area contributed by atoms with Crippen LogP contribution in [0.3, 0.4) is 0 Å². The van der Waals surface area contributed by atoms with Crippen molar-refractivity contribution >= 4 is 17.4 Å². The topological polar surface area (TPSA) is 104 Å². The lowest BCUT2D eigenvalue weighted by Gasteiger charge is -2.08. The van der Waals surface area contributed by atoms with Crippen molar-refractivity contribution in [1.82, 2.24) is 5.32 Å². The maximum absolute atomic E-state index is 11.4. The number of hydrogen-bond acceptors (Lipinski definition) is 4. The van der Waals surface area contributed by atoms with Gasteiger partial charge >= 0.3 is 6.03 Å². The van der Waals surface area contributed by atoms with Crippen molar-refractivity contribution < 1.29 is 14.8 Å². The molecule has 3 N–H and O–H groups in total. The molecule has 0 radical (unpaired) electrons. The van der Waals surface area contributed by atoms with Gasteiger partial charge in [-0.1, -0.05) is 13.3 Å². The number of rotatable bonds is 5. The zero-order valence-electron chi connectivity index (χ0n) is 9.97. The summed E-state index contributed by atoms with van der Waals surface area (Å²) >= 11 is 0. The van der Waals surface area contributed by atoms with Gasteiger partial charge in [-0.2, -0.15) is 0 Å². The van der Waals surface area contributed by atoms with Crippen molar-refractivity contribution in [3.8, 4) is 5.75 Å². The van der Waals surface area contributed by atoms with Crippen LogP contribution in [0.15, 0.2) is 18.2 Å². The number of unbranched alkanes of at least 4 members (excludes halogenated alkanes) is 1. The molecule has 7 nitrogen and oxygen atoms in total. The number of carbonyl (C=O) groups excluding carboxylic acids is 1. The highest BCUT2D eigenvalue weighted by Gasteiger charge is 2.12. The van der Waals surface area contributed by atoms with E-state index in [9.17, 15) is 20.0 Å². The molecule has 1 aromatic carbocycles. The van der Waals surface area contributed by atoms with Crippen LogP contribution < -0.4 is 10.6 Å². The van der Waals surface area contributed by atoms with E-state index in [0.717, 1.165) is 25.0 Å². The molecule has 0 fully saturated rings. The Hall–Kier alpha value is -2.31. The van der Waals surface area contributed by atoms with E-state index >= 15 is 0 Å². The molecule has 7 heteroatoms. The van der Waals surface area contributed by atoms with Crippen molar-refractivity contribution in [3.05, 3.63) is 28.3 Å². The summed E-state index contributed by atoms with van der Waals surface area (Å²) in [6.45, 7) is 2.50. The molecule has 0 spiro atoms. The molecule has 2 amide bonds. The molecular formula is C11H15N3O4. The van der Waals surface area contributed by atoms with Gasteiger partial charge in [0.25, 0.3) is 5.69 Å². The largest absolute Gasteiger partial charge is 0.506 e. The standard InChI is InChI=1S/C11H15N3O4/c1-2-3-6-12-11(16)13-9-7-8(14(17)18)4-5-10(9)15/h4-5,7,15H,2-3,6H2,1H3,(H2,12,13,16). The third kappa shape index (κ3) is 3.93. The fourth-order valence-electron chi connectivity index (χ4n) is 1.28. The molecule has 0 unspecified atom stereocenters. The summed E-state index contributed by atoms with van der Waals surface area (Å²) in [5.41, 5.74) is -0.185. The zero-order valence-corrected chi connectivity index (χ0v) is 9.97. The monoisotopic (exact) mass is 253 g/mol. The Kier molecular flexibility index (Phi) is 4.91.